The second-order valence-corrected chi connectivity index (χ2v) is 4.03. The van der Waals surface area contributed by atoms with Crippen LogP contribution < -0.4 is 4.74 Å². The van der Waals surface area contributed by atoms with E-state index in [0.29, 0.717) is 23.3 Å². The van der Waals surface area contributed by atoms with E-state index in [1.54, 1.807) is 0 Å². The van der Waals surface area contributed by atoms with E-state index < -0.39 is 5.97 Å². The van der Waals surface area contributed by atoms with Crippen LogP contribution >= 0.6 is 0 Å². The first-order valence-electron chi connectivity index (χ1n) is 6.04. The van der Waals surface area contributed by atoms with Gasteiger partial charge in [0, 0.05) is 12.1 Å². The number of esters is 1. The predicted molar refractivity (Wildman–Crippen MR) is 68.1 cm³/mol. The van der Waals surface area contributed by atoms with Crippen molar-refractivity contribution in [1.29, 1.82) is 0 Å². The van der Waals surface area contributed by atoms with E-state index in [2.05, 4.69) is 13.0 Å². The van der Waals surface area contributed by atoms with E-state index in [4.69, 9.17) is 9.47 Å². The third-order valence-corrected chi connectivity index (χ3v) is 2.73. The molecule has 1 radical (unpaired) electrons. The van der Waals surface area contributed by atoms with Gasteiger partial charge in [-0.25, -0.2) is 4.79 Å². The summed E-state index contributed by atoms with van der Waals surface area (Å²) in [5, 5.41) is 9.57. The van der Waals surface area contributed by atoms with Crippen LogP contribution in [0.5, 0.6) is 11.5 Å². The molecule has 0 saturated heterocycles. The molecule has 0 aliphatic heterocycles. The number of carbonyl (C=O) groups excluding carboxylic acids is 1. The van der Waals surface area contributed by atoms with Crippen molar-refractivity contribution in [1.82, 2.24) is 0 Å². The fraction of sp³-hybridized carbons (Fsp3) is 0.500. The highest BCUT2D eigenvalue weighted by atomic mass is 16.5. The molecule has 1 rings (SSSR count). The van der Waals surface area contributed by atoms with E-state index in [-0.39, 0.29) is 5.75 Å². The lowest BCUT2D eigenvalue weighted by atomic mass is 10.00. The minimum absolute atomic E-state index is 0.0222. The summed E-state index contributed by atoms with van der Waals surface area (Å²) in [6.45, 7) is 2.11. The van der Waals surface area contributed by atoms with Gasteiger partial charge >= 0.3 is 5.97 Å². The minimum Gasteiger partial charge on any atom is -0.507 e. The highest BCUT2D eigenvalue weighted by molar-refractivity contribution is 5.94. The van der Waals surface area contributed by atoms with Gasteiger partial charge in [0.1, 0.15) is 17.1 Å². The molecular formula is C14H19O4. The average molecular weight is 251 g/mol. The maximum absolute atomic E-state index is 11.8. The van der Waals surface area contributed by atoms with Gasteiger partial charge in [-0.05, 0) is 18.4 Å². The summed E-state index contributed by atoms with van der Waals surface area (Å²) in [6.07, 6.45) is 3.75. The zero-order valence-electron chi connectivity index (χ0n) is 11.1. The monoisotopic (exact) mass is 251 g/mol. The molecule has 0 aliphatic carbocycles. The van der Waals surface area contributed by atoms with Gasteiger partial charge in [0.15, 0.2) is 0 Å². The summed E-state index contributed by atoms with van der Waals surface area (Å²) in [5.74, 6) is -0.162. The molecule has 4 nitrogen and oxygen atoms in total. The zero-order valence-corrected chi connectivity index (χ0v) is 11.1. The van der Waals surface area contributed by atoms with Crippen LogP contribution in [0, 0.1) is 6.07 Å². The molecule has 0 aliphatic rings. The number of aromatic hydroxyl groups is 1. The average Bonchev–Trinajstić information content (AvgIpc) is 2.37. The van der Waals surface area contributed by atoms with E-state index in [1.165, 1.54) is 20.3 Å². The lowest BCUT2D eigenvalue weighted by Gasteiger charge is -2.12. The number of methoxy groups -OCH3 is 2. The number of phenolic OH excluding ortho intramolecular Hbond substituents is 1. The van der Waals surface area contributed by atoms with Gasteiger partial charge < -0.3 is 14.6 Å². The van der Waals surface area contributed by atoms with Crippen LogP contribution in [0.4, 0.5) is 0 Å². The summed E-state index contributed by atoms with van der Waals surface area (Å²) < 4.78 is 9.86. The van der Waals surface area contributed by atoms with E-state index in [1.807, 2.05) is 0 Å². The van der Waals surface area contributed by atoms with Crippen molar-refractivity contribution < 1.29 is 19.4 Å². The molecule has 0 saturated carbocycles. The molecule has 0 spiro atoms. The van der Waals surface area contributed by atoms with Crippen LogP contribution in [0.15, 0.2) is 6.07 Å². The van der Waals surface area contributed by atoms with Crippen LogP contribution in [0.1, 0.15) is 42.1 Å². The van der Waals surface area contributed by atoms with Gasteiger partial charge in [0.05, 0.1) is 14.2 Å². The first kappa shape index (κ1) is 14.4. The predicted octanol–water partition coefficient (Wildman–Crippen LogP) is 2.72. The summed E-state index contributed by atoms with van der Waals surface area (Å²) in [7, 11) is 2.78. The first-order valence-corrected chi connectivity index (χ1v) is 6.04. The molecular weight excluding hydrogens is 232 g/mol. The quantitative estimate of drug-likeness (QED) is 0.624. The Labute approximate surface area is 108 Å². The van der Waals surface area contributed by atoms with Crippen LogP contribution in [-0.4, -0.2) is 25.3 Å². The third-order valence-electron chi connectivity index (χ3n) is 2.73. The summed E-state index contributed by atoms with van der Waals surface area (Å²) in [4.78, 5) is 11.8. The Balaban J connectivity index is 3.11. The van der Waals surface area contributed by atoms with Crippen molar-refractivity contribution in [3.63, 3.8) is 0 Å². The Kier molecular flexibility index (Phi) is 5.49. The van der Waals surface area contributed by atoms with Gasteiger partial charge in [-0.3, -0.25) is 0 Å². The number of hydrogen-bond donors (Lipinski definition) is 1. The highest BCUT2D eigenvalue weighted by Gasteiger charge is 2.19. The molecule has 0 fully saturated rings. The highest BCUT2D eigenvalue weighted by Crippen LogP contribution is 2.29. The fourth-order valence-electron chi connectivity index (χ4n) is 1.82. The molecule has 4 heteroatoms. The van der Waals surface area contributed by atoms with Gasteiger partial charge in [-0.2, -0.15) is 0 Å². The van der Waals surface area contributed by atoms with Crippen molar-refractivity contribution in [2.45, 2.75) is 32.6 Å². The maximum Gasteiger partial charge on any atom is 0.341 e. The number of aryl methyl sites for hydroxylation is 1. The van der Waals surface area contributed by atoms with Crippen molar-refractivity contribution >= 4 is 5.97 Å². The Morgan fingerprint density at radius 1 is 1.39 bits per heavy atom. The molecule has 0 heterocycles. The smallest absolute Gasteiger partial charge is 0.341 e. The molecule has 0 aromatic heterocycles. The molecule has 99 valence electrons. The topological polar surface area (TPSA) is 55.8 Å². The molecule has 0 amide bonds. The summed E-state index contributed by atoms with van der Waals surface area (Å²) in [5.41, 5.74) is 1.00. The van der Waals surface area contributed by atoms with Gasteiger partial charge in [-0.15, -0.1) is 0 Å². The number of unbranched alkanes of at least 4 members (excludes halogenated alkanes) is 2. The molecule has 0 unspecified atom stereocenters. The van der Waals surface area contributed by atoms with Crippen molar-refractivity contribution in [2.75, 3.05) is 14.2 Å². The number of rotatable bonds is 6. The van der Waals surface area contributed by atoms with Gasteiger partial charge in [0.2, 0.25) is 0 Å². The third kappa shape index (κ3) is 3.39. The van der Waals surface area contributed by atoms with Crippen LogP contribution in [0.25, 0.3) is 0 Å². The molecule has 1 N–H and O–H groups in total. The number of phenols is 1. The Morgan fingerprint density at radius 2 is 2.11 bits per heavy atom. The Hall–Kier alpha value is -1.71. The van der Waals surface area contributed by atoms with Crippen molar-refractivity contribution in [2.24, 2.45) is 0 Å². The lowest BCUT2D eigenvalue weighted by molar-refractivity contribution is 0.0595. The zero-order chi connectivity index (χ0) is 13.5. The largest absolute Gasteiger partial charge is 0.507 e. The molecule has 0 atom stereocenters. The molecule has 0 bridgehead atoms. The van der Waals surface area contributed by atoms with E-state index in [0.717, 1.165) is 19.3 Å². The standard InChI is InChI=1S/C14H19O4/c1-4-5-6-7-10-8-11(15)9-12(17-2)13(10)14(16)18-3/h9,15H,4-7H2,1-3H3. The fourth-order valence-corrected chi connectivity index (χ4v) is 1.82. The van der Waals surface area contributed by atoms with Crippen molar-refractivity contribution in [3.05, 3.63) is 23.3 Å². The van der Waals surface area contributed by atoms with E-state index in [9.17, 15) is 9.90 Å². The minimum atomic E-state index is -0.463. The van der Waals surface area contributed by atoms with Crippen LogP contribution in [-0.2, 0) is 11.2 Å². The van der Waals surface area contributed by atoms with Crippen molar-refractivity contribution in [3.8, 4) is 11.5 Å². The maximum atomic E-state index is 11.8. The van der Waals surface area contributed by atoms with Gasteiger partial charge in [-0.1, -0.05) is 19.8 Å². The van der Waals surface area contributed by atoms with Crippen LogP contribution in [0.2, 0.25) is 0 Å². The Bertz CT molecular complexity index is 413. The Morgan fingerprint density at radius 3 is 2.67 bits per heavy atom. The van der Waals surface area contributed by atoms with Gasteiger partial charge in [0.25, 0.3) is 0 Å². The second-order valence-electron chi connectivity index (χ2n) is 4.03. The molecule has 1 aromatic carbocycles. The summed E-state index contributed by atoms with van der Waals surface area (Å²) >= 11 is 0. The molecule has 1 aromatic rings. The lowest BCUT2D eigenvalue weighted by Crippen LogP contribution is -2.08. The normalized spacial score (nSPS) is 10.2. The second kappa shape index (κ2) is 6.89. The molecule has 18 heavy (non-hydrogen) atoms. The van der Waals surface area contributed by atoms with E-state index >= 15 is 0 Å². The number of hydrogen-bond acceptors (Lipinski definition) is 4. The first-order chi connectivity index (χ1) is 8.63. The SMILES string of the molecule is CCCCCc1[c]c(O)cc(OC)c1C(=O)OC. The van der Waals surface area contributed by atoms with Crippen LogP contribution in [0.3, 0.4) is 0 Å². The summed E-state index contributed by atoms with van der Waals surface area (Å²) in [6, 6.07) is 4.17. The number of ether oxygens (including phenoxy) is 2. The number of benzene rings is 1. The number of carbonyl (C=O) groups is 1.